The SMILES string of the molecule is COc1c(C)cc(C)c(Cl)c1C(C)=O. The number of hydrogen-bond acceptors (Lipinski definition) is 2. The van der Waals surface area contributed by atoms with Crippen LogP contribution in [-0.2, 0) is 0 Å². The summed E-state index contributed by atoms with van der Waals surface area (Å²) in [7, 11) is 1.54. The summed E-state index contributed by atoms with van der Waals surface area (Å²) in [6.07, 6.45) is 0. The fourth-order valence-corrected chi connectivity index (χ4v) is 1.80. The molecule has 76 valence electrons. The third-order valence-electron chi connectivity index (χ3n) is 2.14. The van der Waals surface area contributed by atoms with Crippen LogP contribution in [-0.4, -0.2) is 12.9 Å². The molecule has 14 heavy (non-hydrogen) atoms. The van der Waals surface area contributed by atoms with Gasteiger partial charge in [0, 0.05) is 0 Å². The predicted molar refractivity (Wildman–Crippen MR) is 57.5 cm³/mol. The van der Waals surface area contributed by atoms with Crippen LogP contribution in [0.3, 0.4) is 0 Å². The van der Waals surface area contributed by atoms with E-state index in [1.807, 2.05) is 19.9 Å². The number of ketones is 1. The monoisotopic (exact) mass is 212 g/mol. The molecule has 0 aliphatic heterocycles. The maximum Gasteiger partial charge on any atom is 0.165 e. The molecule has 2 nitrogen and oxygen atoms in total. The number of hydrogen-bond donors (Lipinski definition) is 0. The molecule has 0 bridgehead atoms. The van der Waals surface area contributed by atoms with Crippen LogP contribution in [0.4, 0.5) is 0 Å². The molecule has 1 aromatic rings. The van der Waals surface area contributed by atoms with E-state index in [-0.39, 0.29) is 5.78 Å². The van der Waals surface area contributed by atoms with Gasteiger partial charge in [0.1, 0.15) is 5.75 Å². The van der Waals surface area contributed by atoms with Crippen LogP contribution in [0.25, 0.3) is 0 Å². The van der Waals surface area contributed by atoms with Crippen molar-refractivity contribution in [1.29, 1.82) is 0 Å². The largest absolute Gasteiger partial charge is 0.496 e. The van der Waals surface area contributed by atoms with Gasteiger partial charge in [-0.3, -0.25) is 4.79 Å². The highest BCUT2D eigenvalue weighted by atomic mass is 35.5. The van der Waals surface area contributed by atoms with Crippen molar-refractivity contribution >= 4 is 17.4 Å². The molecule has 0 unspecified atom stereocenters. The second-order valence-corrected chi connectivity index (χ2v) is 3.67. The van der Waals surface area contributed by atoms with Gasteiger partial charge in [0.25, 0.3) is 0 Å². The lowest BCUT2D eigenvalue weighted by atomic mass is 10.0. The Morgan fingerprint density at radius 1 is 1.36 bits per heavy atom. The van der Waals surface area contributed by atoms with Crippen LogP contribution in [0.15, 0.2) is 6.07 Å². The fraction of sp³-hybridized carbons (Fsp3) is 0.364. The highest BCUT2D eigenvalue weighted by molar-refractivity contribution is 6.35. The molecule has 3 heteroatoms. The van der Waals surface area contributed by atoms with Crippen molar-refractivity contribution in [2.45, 2.75) is 20.8 Å². The summed E-state index contributed by atoms with van der Waals surface area (Å²) in [5, 5.41) is 0.486. The second kappa shape index (κ2) is 4.01. The average Bonchev–Trinajstić information content (AvgIpc) is 2.10. The van der Waals surface area contributed by atoms with E-state index < -0.39 is 0 Å². The Morgan fingerprint density at radius 2 is 1.93 bits per heavy atom. The Morgan fingerprint density at radius 3 is 2.36 bits per heavy atom. The minimum Gasteiger partial charge on any atom is -0.496 e. The van der Waals surface area contributed by atoms with Gasteiger partial charge in [0.2, 0.25) is 0 Å². The summed E-state index contributed by atoms with van der Waals surface area (Å²) in [5.74, 6) is 0.506. The fourth-order valence-electron chi connectivity index (χ4n) is 1.53. The van der Waals surface area contributed by atoms with Crippen molar-refractivity contribution < 1.29 is 9.53 Å². The molecule has 0 spiro atoms. The summed E-state index contributed by atoms with van der Waals surface area (Å²) in [5.41, 5.74) is 2.31. The molecule has 0 radical (unpaired) electrons. The lowest BCUT2D eigenvalue weighted by molar-refractivity contribution is 0.101. The summed E-state index contributed by atoms with van der Waals surface area (Å²) >= 11 is 6.04. The van der Waals surface area contributed by atoms with Gasteiger partial charge < -0.3 is 4.74 Å². The summed E-state index contributed by atoms with van der Waals surface area (Å²) < 4.78 is 5.17. The molecule has 0 saturated carbocycles. The lowest BCUT2D eigenvalue weighted by Crippen LogP contribution is -2.02. The molecule has 0 N–H and O–H groups in total. The molecule has 0 saturated heterocycles. The molecule has 1 aromatic carbocycles. The third-order valence-corrected chi connectivity index (χ3v) is 2.63. The Bertz CT molecular complexity index is 383. The summed E-state index contributed by atoms with van der Waals surface area (Å²) in [4.78, 5) is 11.4. The van der Waals surface area contributed by atoms with Crippen molar-refractivity contribution in [2.24, 2.45) is 0 Å². The van der Waals surface area contributed by atoms with Gasteiger partial charge in [0.05, 0.1) is 17.7 Å². The number of rotatable bonds is 2. The predicted octanol–water partition coefficient (Wildman–Crippen LogP) is 3.17. The van der Waals surface area contributed by atoms with Crippen LogP contribution in [0.2, 0.25) is 5.02 Å². The third kappa shape index (κ3) is 1.75. The zero-order valence-electron chi connectivity index (χ0n) is 8.77. The second-order valence-electron chi connectivity index (χ2n) is 3.29. The van der Waals surface area contributed by atoms with Crippen LogP contribution >= 0.6 is 11.6 Å². The van der Waals surface area contributed by atoms with E-state index in [0.717, 1.165) is 11.1 Å². The number of carbonyl (C=O) groups is 1. The molecular weight excluding hydrogens is 200 g/mol. The molecule has 0 aliphatic rings. The van der Waals surface area contributed by atoms with E-state index >= 15 is 0 Å². The van der Waals surface area contributed by atoms with E-state index in [1.165, 1.54) is 6.92 Å². The topological polar surface area (TPSA) is 26.3 Å². The van der Waals surface area contributed by atoms with Crippen molar-refractivity contribution in [1.82, 2.24) is 0 Å². The number of carbonyl (C=O) groups excluding carboxylic acids is 1. The van der Waals surface area contributed by atoms with Gasteiger partial charge >= 0.3 is 0 Å². The number of ether oxygens (including phenoxy) is 1. The molecule has 0 fully saturated rings. The Balaban J connectivity index is 3.56. The minimum absolute atomic E-state index is 0.0707. The van der Waals surface area contributed by atoms with E-state index in [2.05, 4.69) is 0 Å². The van der Waals surface area contributed by atoms with Crippen molar-refractivity contribution in [3.05, 3.63) is 27.8 Å². The molecule has 0 amide bonds. The standard InChI is InChI=1S/C11H13ClO2/c1-6-5-7(2)11(14-4)9(8(3)13)10(6)12/h5H,1-4H3. The molecule has 0 atom stereocenters. The normalized spacial score (nSPS) is 10.1. The van der Waals surface area contributed by atoms with Crippen LogP contribution in [0, 0.1) is 13.8 Å². The van der Waals surface area contributed by atoms with Crippen molar-refractivity contribution in [2.75, 3.05) is 7.11 Å². The van der Waals surface area contributed by atoms with E-state index in [1.54, 1.807) is 7.11 Å². The van der Waals surface area contributed by atoms with Gasteiger partial charge in [-0.1, -0.05) is 17.7 Å². The van der Waals surface area contributed by atoms with Crippen molar-refractivity contribution in [3.63, 3.8) is 0 Å². The number of halogens is 1. The Hall–Kier alpha value is -1.02. The van der Waals surface area contributed by atoms with Gasteiger partial charge in [0.15, 0.2) is 5.78 Å². The number of aryl methyl sites for hydroxylation is 2. The van der Waals surface area contributed by atoms with Crippen LogP contribution in [0.5, 0.6) is 5.75 Å². The number of benzene rings is 1. The summed E-state index contributed by atoms with van der Waals surface area (Å²) in [6.45, 7) is 5.26. The van der Waals surface area contributed by atoms with Crippen LogP contribution in [0.1, 0.15) is 28.4 Å². The highest BCUT2D eigenvalue weighted by Crippen LogP contribution is 2.33. The van der Waals surface area contributed by atoms with Gasteiger partial charge in [-0.15, -0.1) is 0 Å². The first-order chi connectivity index (χ1) is 6.49. The molecule has 1 rings (SSSR count). The van der Waals surface area contributed by atoms with Gasteiger partial charge in [-0.05, 0) is 31.9 Å². The first-order valence-electron chi connectivity index (χ1n) is 4.33. The van der Waals surface area contributed by atoms with Gasteiger partial charge in [-0.2, -0.15) is 0 Å². The highest BCUT2D eigenvalue weighted by Gasteiger charge is 2.16. The van der Waals surface area contributed by atoms with Gasteiger partial charge in [-0.25, -0.2) is 0 Å². The molecular formula is C11H13ClO2. The maximum absolute atomic E-state index is 11.4. The van der Waals surface area contributed by atoms with Crippen LogP contribution < -0.4 is 4.74 Å². The van der Waals surface area contributed by atoms with E-state index in [9.17, 15) is 4.79 Å². The quantitative estimate of drug-likeness (QED) is 0.704. The zero-order chi connectivity index (χ0) is 10.9. The smallest absolute Gasteiger partial charge is 0.165 e. The Labute approximate surface area is 88.8 Å². The number of methoxy groups -OCH3 is 1. The lowest BCUT2D eigenvalue weighted by Gasteiger charge is -2.12. The summed E-state index contributed by atoms with van der Waals surface area (Å²) in [6, 6.07) is 1.91. The average molecular weight is 213 g/mol. The Kier molecular flexibility index (Phi) is 3.17. The number of Topliss-reactive ketones (excluding diaryl/α,β-unsaturated/α-hetero) is 1. The maximum atomic E-state index is 11.4. The van der Waals surface area contributed by atoms with E-state index in [0.29, 0.717) is 16.3 Å². The molecule has 0 aromatic heterocycles. The van der Waals surface area contributed by atoms with E-state index in [4.69, 9.17) is 16.3 Å². The molecule has 0 aliphatic carbocycles. The molecule has 0 heterocycles. The minimum atomic E-state index is -0.0707. The first-order valence-corrected chi connectivity index (χ1v) is 4.71. The zero-order valence-corrected chi connectivity index (χ0v) is 9.53. The van der Waals surface area contributed by atoms with Crippen molar-refractivity contribution in [3.8, 4) is 5.75 Å². The first kappa shape index (κ1) is 11.1.